The predicted molar refractivity (Wildman–Crippen MR) is 101 cm³/mol. The number of tetrazole rings is 1. The molecule has 1 N–H and O–H groups in total. The zero-order valence-corrected chi connectivity index (χ0v) is 15.4. The van der Waals surface area contributed by atoms with Crippen LogP contribution in [-0.4, -0.2) is 36.6 Å². The van der Waals surface area contributed by atoms with Crippen LogP contribution < -0.4 is 0 Å². The molecule has 0 radical (unpaired) electrons. The van der Waals surface area contributed by atoms with Crippen molar-refractivity contribution in [2.24, 2.45) is 0 Å². The number of fused-ring (bicyclic) bond motifs is 3. The number of para-hydroxylation sites is 1. The lowest BCUT2D eigenvalue weighted by atomic mass is 9.95. The van der Waals surface area contributed by atoms with Gasteiger partial charge in [-0.2, -0.15) is 0 Å². The van der Waals surface area contributed by atoms with Gasteiger partial charge in [0.15, 0.2) is 5.82 Å². The normalized spacial score (nSPS) is 20.3. The minimum absolute atomic E-state index is 0.228. The van der Waals surface area contributed by atoms with E-state index in [-0.39, 0.29) is 6.04 Å². The van der Waals surface area contributed by atoms with Crippen LogP contribution in [0.4, 0.5) is 0 Å². The molecule has 1 aliphatic carbocycles. The molecule has 6 heteroatoms. The number of aromatic nitrogens is 5. The fourth-order valence-corrected chi connectivity index (χ4v) is 4.77. The van der Waals surface area contributed by atoms with Gasteiger partial charge in [0, 0.05) is 29.7 Å². The van der Waals surface area contributed by atoms with Crippen LogP contribution in [0, 0.1) is 0 Å². The van der Waals surface area contributed by atoms with Gasteiger partial charge in [-0.15, -0.1) is 5.10 Å². The Morgan fingerprint density at radius 3 is 2.88 bits per heavy atom. The van der Waals surface area contributed by atoms with Crippen LogP contribution in [0.5, 0.6) is 0 Å². The third-order valence-corrected chi connectivity index (χ3v) is 6.27. The molecule has 1 fully saturated rings. The summed E-state index contributed by atoms with van der Waals surface area (Å²) in [6, 6.07) is 9.33. The molecular formula is C20H26N6. The molecule has 136 valence electrons. The van der Waals surface area contributed by atoms with E-state index in [2.05, 4.69) is 61.3 Å². The Kier molecular flexibility index (Phi) is 4.00. The van der Waals surface area contributed by atoms with E-state index < -0.39 is 0 Å². The Morgan fingerprint density at radius 2 is 2.00 bits per heavy atom. The number of aromatic amines is 1. The van der Waals surface area contributed by atoms with Crippen molar-refractivity contribution >= 4 is 10.9 Å². The van der Waals surface area contributed by atoms with Crippen molar-refractivity contribution in [3.05, 3.63) is 41.3 Å². The molecule has 26 heavy (non-hydrogen) atoms. The molecule has 0 unspecified atom stereocenters. The highest BCUT2D eigenvalue weighted by atomic mass is 15.6. The first-order chi connectivity index (χ1) is 12.8. The van der Waals surface area contributed by atoms with Crippen LogP contribution in [0.25, 0.3) is 10.9 Å². The molecule has 1 aromatic carbocycles. The second-order valence-electron chi connectivity index (χ2n) is 7.80. The van der Waals surface area contributed by atoms with E-state index in [1.165, 1.54) is 54.3 Å². The minimum atomic E-state index is 0.228. The molecule has 3 aromatic rings. The lowest BCUT2D eigenvalue weighted by molar-refractivity contribution is 0.172. The molecule has 0 bridgehead atoms. The van der Waals surface area contributed by atoms with E-state index >= 15 is 0 Å². The van der Waals surface area contributed by atoms with Crippen molar-refractivity contribution in [3.63, 3.8) is 0 Å². The van der Waals surface area contributed by atoms with Gasteiger partial charge in [0.25, 0.3) is 0 Å². The van der Waals surface area contributed by atoms with Crippen LogP contribution in [0.2, 0.25) is 0 Å². The van der Waals surface area contributed by atoms with Gasteiger partial charge in [0.1, 0.15) is 0 Å². The first-order valence-electron chi connectivity index (χ1n) is 9.91. The van der Waals surface area contributed by atoms with Crippen molar-refractivity contribution in [3.8, 4) is 0 Å². The Bertz CT molecular complexity index is 904. The smallest absolute Gasteiger partial charge is 0.168 e. The highest BCUT2D eigenvalue weighted by Gasteiger charge is 2.29. The first-order valence-corrected chi connectivity index (χ1v) is 9.91. The van der Waals surface area contributed by atoms with Crippen molar-refractivity contribution in [1.82, 2.24) is 30.1 Å². The number of nitrogens with zero attached hydrogens (tertiary/aromatic N) is 5. The van der Waals surface area contributed by atoms with E-state index in [0.29, 0.717) is 6.04 Å². The summed E-state index contributed by atoms with van der Waals surface area (Å²) in [6.45, 7) is 4.23. The Balaban J connectivity index is 1.40. The molecule has 0 saturated heterocycles. The number of rotatable bonds is 3. The van der Waals surface area contributed by atoms with Crippen LogP contribution >= 0.6 is 0 Å². The lowest BCUT2D eigenvalue weighted by Gasteiger charge is -2.32. The van der Waals surface area contributed by atoms with Gasteiger partial charge in [-0.3, -0.25) is 4.90 Å². The summed E-state index contributed by atoms with van der Waals surface area (Å²) in [7, 11) is 0. The molecule has 1 saturated carbocycles. The highest BCUT2D eigenvalue weighted by molar-refractivity contribution is 5.84. The molecule has 6 nitrogen and oxygen atoms in total. The summed E-state index contributed by atoms with van der Waals surface area (Å²) in [5, 5.41) is 14.2. The van der Waals surface area contributed by atoms with Crippen LogP contribution in [0.1, 0.15) is 68.2 Å². The topological polar surface area (TPSA) is 62.6 Å². The van der Waals surface area contributed by atoms with Gasteiger partial charge in [0.2, 0.25) is 0 Å². The molecule has 1 aliphatic heterocycles. The third-order valence-electron chi connectivity index (χ3n) is 6.27. The number of nitrogens with one attached hydrogen (secondary N) is 1. The maximum absolute atomic E-state index is 4.42. The van der Waals surface area contributed by atoms with E-state index in [4.69, 9.17) is 0 Å². The largest absolute Gasteiger partial charge is 0.357 e. The molecule has 3 heterocycles. The van der Waals surface area contributed by atoms with Gasteiger partial charge in [-0.05, 0) is 48.2 Å². The second kappa shape index (κ2) is 6.50. The molecule has 2 aliphatic rings. The number of H-pyrrole nitrogens is 1. The second-order valence-corrected chi connectivity index (χ2v) is 7.80. The van der Waals surface area contributed by atoms with Gasteiger partial charge < -0.3 is 4.98 Å². The third kappa shape index (κ3) is 2.63. The van der Waals surface area contributed by atoms with Crippen molar-refractivity contribution in [1.29, 1.82) is 0 Å². The van der Waals surface area contributed by atoms with Crippen LogP contribution in [0.3, 0.4) is 0 Å². The van der Waals surface area contributed by atoms with E-state index in [1.54, 1.807) is 0 Å². The molecule has 0 spiro atoms. The summed E-state index contributed by atoms with van der Waals surface area (Å²) < 4.78 is 2.12. The SMILES string of the molecule is C[C@H](c1nnnn1C1CCCCC1)N1CCc2c([nH]c3ccccc23)C1. The summed E-state index contributed by atoms with van der Waals surface area (Å²) in [5.74, 6) is 1.02. The average molecular weight is 350 g/mol. The van der Waals surface area contributed by atoms with E-state index in [9.17, 15) is 0 Å². The van der Waals surface area contributed by atoms with Crippen molar-refractivity contribution < 1.29 is 0 Å². The van der Waals surface area contributed by atoms with Gasteiger partial charge in [0.05, 0.1) is 12.1 Å². The average Bonchev–Trinajstić information content (AvgIpc) is 3.32. The quantitative estimate of drug-likeness (QED) is 0.781. The molecule has 2 aromatic heterocycles. The van der Waals surface area contributed by atoms with Gasteiger partial charge >= 0.3 is 0 Å². The van der Waals surface area contributed by atoms with Crippen LogP contribution in [0.15, 0.2) is 24.3 Å². The maximum atomic E-state index is 4.42. The molecule has 0 amide bonds. The predicted octanol–water partition coefficient (Wildman–Crippen LogP) is 3.78. The molecule has 1 atom stereocenters. The lowest BCUT2D eigenvalue weighted by Crippen LogP contribution is -2.34. The number of benzene rings is 1. The van der Waals surface area contributed by atoms with Crippen molar-refractivity contribution in [2.45, 2.75) is 64.1 Å². The molecular weight excluding hydrogens is 324 g/mol. The highest BCUT2D eigenvalue weighted by Crippen LogP contribution is 2.33. The summed E-state index contributed by atoms with van der Waals surface area (Å²) in [5.41, 5.74) is 4.08. The van der Waals surface area contributed by atoms with E-state index in [1.807, 2.05) is 0 Å². The summed E-state index contributed by atoms with van der Waals surface area (Å²) in [4.78, 5) is 6.13. The zero-order chi connectivity index (χ0) is 17.5. The van der Waals surface area contributed by atoms with E-state index in [0.717, 1.165) is 25.3 Å². The number of hydrogen-bond donors (Lipinski definition) is 1. The molecule has 5 rings (SSSR count). The summed E-state index contributed by atoms with van der Waals surface area (Å²) >= 11 is 0. The fourth-order valence-electron chi connectivity index (χ4n) is 4.77. The Labute approximate surface area is 153 Å². The Morgan fingerprint density at radius 1 is 1.15 bits per heavy atom. The van der Waals surface area contributed by atoms with Gasteiger partial charge in [-0.25, -0.2) is 4.68 Å². The number of hydrogen-bond acceptors (Lipinski definition) is 4. The Hall–Kier alpha value is -2.21. The maximum Gasteiger partial charge on any atom is 0.168 e. The zero-order valence-electron chi connectivity index (χ0n) is 15.4. The first kappa shape index (κ1) is 16.0. The van der Waals surface area contributed by atoms with Crippen molar-refractivity contribution in [2.75, 3.05) is 6.54 Å². The fraction of sp³-hybridized carbons (Fsp3) is 0.550. The standard InChI is InChI=1S/C20H26N6/c1-14(20-22-23-24-26(20)15-7-3-2-4-8-15)25-12-11-17-16-9-5-6-10-18(16)21-19(17)13-25/h5-6,9-10,14-15,21H,2-4,7-8,11-13H2,1H3/t14-/m1/s1. The minimum Gasteiger partial charge on any atom is -0.357 e. The monoisotopic (exact) mass is 350 g/mol. The van der Waals surface area contributed by atoms with Crippen LogP contribution in [-0.2, 0) is 13.0 Å². The van der Waals surface area contributed by atoms with Gasteiger partial charge in [-0.1, -0.05) is 37.5 Å². The summed E-state index contributed by atoms with van der Waals surface area (Å²) in [6.07, 6.45) is 7.42.